The Hall–Kier alpha value is -0.880. The molecule has 2 nitrogen and oxygen atoms in total. The third-order valence-corrected chi connectivity index (χ3v) is 2.73. The number of rotatable bonds is 3. The van der Waals surface area contributed by atoms with Gasteiger partial charge in [0.1, 0.15) is 4.60 Å². The summed E-state index contributed by atoms with van der Waals surface area (Å²) in [7, 11) is 0. The molecule has 0 N–H and O–H groups in total. The van der Waals surface area contributed by atoms with Crippen LogP contribution in [-0.2, 0) is 0 Å². The highest BCUT2D eigenvalue weighted by Gasteiger charge is 2.15. The largest absolute Gasteiger partial charge is 0.249 e. The Morgan fingerprint density at radius 2 is 2.29 bits per heavy atom. The van der Waals surface area contributed by atoms with E-state index in [0.29, 0.717) is 18.3 Å². The van der Waals surface area contributed by atoms with Gasteiger partial charge in [0.05, 0.1) is 6.07 Å². The molecule has 1 aromatic rings. The molecular weight excluding hydrogens is 240 g/mol. The van der Waals surface area contributed by atoms with Gasteiger partial charge in [-0.25, -0.2) is 4.98 Å². The molecule has 1 atom stereocenters. The fourth-order valence-corrected chi connectivity index (χ4v) is 1.87. The second-order valence-electron chi connectivity index (χ2n) is 3.62. The van der Waals surface area contributed by atoms with Crippen LogP contribution in [0.3, 0.4) is 0 Å². The molecule has 74 valence electrons. The van der Waals surface area contributed by atoms with Crippen molar-refractivity contribution in [1.29, 1.82) is 5.26 Å². The zero-order valence-electron chi connectivity index (χ0n) is 8.37. The van der Waals surface area contributed by atoms with Crippen LogP contribution >= 0.6 is 15.9 Å². The summed E-state index contributed by atoms with van der Waals surface area (Å²) in [5.41, 5.74) is 1.18. The fourth-order valence-electron chi connectivity index (χ4n) is 1.48. The molecule has 0 aromatic carbocycles. The Morgan fingerprint density at radius 1 is 1.57 bits per heavy atom. The quantitative estimate of drug-likeness (QED) is 0.773. The van der Waals surface area contributed by atoms with Crippen LogP contribution in [0, 0.1) is 17.2 Å². The van der Waals surface area contributed by atoms with Gasteiger partial charge in [0.15, 0.2) is 0 Å². The van der Waals surface area contributed by atoms with Crippen LogP contribution in [0.2, 0.25) is 0 Å². The van der Waals surface area contributed by atoms with Crippen molar-refractivity contribution in [2.75, 3.05) is 0 Å². The maximum atomic E-state index is 8.74. The summed E-state index contributed by atoms with van der Waals surface area (Å²) in [5, 5.41) is 8.74. The van der Waals surface area contributed by atoms with Crippen LogP contribution in [0.4, 0.5) is 0 Å². The first-order valence-electron chi connectivity index (χ1n) is 4.63. The van der Waals surface area contributed by atoms with Crippen molar-refractivity contribution in [2.24, 2.45) is 5.92 Å². The van der Waals surface area contributed by atoms with E-state index in [4.69, 9.17) is 5.26 Å². The summed E-state index contributed by atoms with van der Waals surface area (Å²) < 4.78 is 0.832. The van der Waals surface area contributed by atoms with E-state index >= 15 is 0 Å². The lowest BCUT2D eigenvalue weighted by Crippen LogP contribution is -2.06. The molecule has 1 rings (SSSR count). The summed E-state index contributed by atoms with van der Waals surface area (Å²) in [6, 6.07) is 6.20. The number of pyridine rings is 1. The van der Waals surface area contributed by atoms with Gasteiger partial charge in [0.25, 0.3) is 0 Å². The molecule has 3 heteroatoms. The van der Waals surface area contributed by atoms with Crippen LogP contribution in [0.15, 0.2) is 22.9 Å². The Balaban J connectivity index is 2.94. The highest BCUT2D eigenvalue weighted by atomic mass is 79.9. The molecule has 1 unspecified atom stereocenters. The van der Waals surface area contributed by atoms with Crippen molar-refractivity contribution in [3.05, 3.63) is 28.5 Å². The molecule has 0 saturated carbocycles. The molecule has 14 heavy (non-hydrogen) atoms. The minimum absolute atomic E-state index is 0.305. The number of nitriles is 1. The first kappa shape index (κ1) is 11.2. The van der Waals surface area contributed by atoms with E-state index in [2.05, 4.69) is 40.8 Å². The average molecular weight is 253 g/mol. The van der Waals surface area contributed by atoms with Crippen LogP contribution in [0.1, 0.15) is 31.7 Å². The van der Waals surface area contributed by atoms with Crippen LogP contribution < -0.4 is 0 Å². The number of hydrogen-bond donors (Lipinski definition) is 0. The van der Waals surface area contributed by atoms with Gasteiger partial charge in [0, 0.05) is 12.6 Å². The highest BCUT2D eigenvalue weighted by molar-refractivity contribution is 9.10. The van der Waals surface area contributed by atoms with Gasteiger partial charge in [-0.15, -0.1) is 0 Å². The third kappa shape index (κ3) is 2.81. The topological polar surface area (TPSA) is 36.7 Å². The zero-order valence-corrected chi connectivity index (χ0v) is 9.95. The van der Waals surface area contributed by atoms with Crippen molar-refractivity contribution in [2.45, 2.75) is 26.2 Å². The number of hydrogen-bond acceptors (Lipinski definition) is 2. The Kier molecular flexibility index (Phi) is 4.09. The van der Waals surface area contributed by atoms with Crippen molar-refractivity contribution >= 4 is 15.9 Å². The van der Waals surface area contributed by atoms with Gasteiger partial charge in [0.2, 0.25) is 0 Å². The van der Waals surface area contributed by atoms with E-state index in [1.54, 1.807) is 6.20 Å². The molecule has 0 amide bonds. The average Bonchev–Trinajstić information content (AvgIpc) is 2.13. The second-order valence-corrected chi connectivity index (χ2v) is 4.44. The number of halogens is 1. The van der Waals surface area contributed by atoms with Crippen LogP contribution in [0.5, 0.6) is 0 Å². The van der Waals surface area contributed by atoms with E-state index in [1.165, 1.54) is 5.56 Å². The Labute approximate surface area is 93.1 Å². The second kappa shape index (κ2) is 5.11. The summed E-state index contributed by atoms with van der Waals surface area (Å²) in [5.74, 6) is 0.781. The molecule has 0 fully saturated rings. The SMILES string of the molecule is CC(C)C(CC#N)c1ccnc(Br)c1. The van der Waals surface area contributed by atoms with Crippen molar-refractivity contribution in [3.8, 4) is 6.07 Å². The first-order valence-corrected chi connectivity index (χ1v) is 5.43. The van der Waals surface area contributed by atoms with Gasteiger partial charge in [-0.1, -0.05) is 13.8 Å². The maximum Gasteiger partial charge on any atom is 0.106 e. The molecule has 0 spiro atoms. The Morgan fingerprint density at radius 3 is 2.79 bits per heavy atom. The fraction of sp³-hybridized carbons (Fsp3) is 0.455. The summed E-state index contributed by atoms with van der Waals surface area (Å²) in [4.78, 5) is 4.08. The molecular formula is C11H13BrN2. The van der Waals surface area contributed by atoms with Crippen molar-refractivity contribution in [3.63, 3.8) is 0 Å². The van der Waals surface area contributed by atoms with Crippen LogP contribution in [-0.4, -0.2) is 4.98 Å². The van der Waals surface area contributed by atoms with E-state index < -0.39 is 0 Å². The number of aromatic nitrogens is 1. The lowest BCUT2D eigenvalue weighted by Gasteiger charge is -2.17. The molecule has 0 bridgehead atoms. The van der Waals surface area contributed by atoms with E-state index in [1.807, 2.05) is 12.1 Å². The normalized spacial score (nSPS) is 12.5. The minimum Gasteiger partial charge on any atom is -0.249 e. The van der Waals surface area contributed by atoms with Gasteiger partial charge in [-0.05, 0) is 45.5 Å². The lowest BCUT2D eigenvalue weighted by molar-refractivity contribution is 0.505. The molecule has 1 heterocycles. The lowest BCUT2D eigenvalue weighted by atomic mass is 9.87. The van der Waals surface area contributed by atoms with E-state index in [-0.39, 0.29) is 0 Å². The van der Waals surface area contributed by atoms with Crippen LogP contribution in [0.25, 0.3) is 0 Å². The van der Waals surface area contributed by atoms with Gasteiger partial charge in [-0.3, -0.25) is 0 Å². The molecule has 0 aliphatic heterocycles. The Bertz CT molecular complexity index is 341. The predicted octanol–water partition coefficient (Wildman–Crippen LogP) is 3.50. The minimum atomic E-state index is 0.305. The van der Waals surface area contributed by atoms with E-state index in [0.717, 1.165) is 4.60 Å². The zero-order chi connectivity index (χ0) is 10.6. The first-order chi connectivity index (χ1) is 6.65. The third-order valence-electron chi connectivity index (χ3n) is 2.29. The molecule has 0 saturated heterocycles. The summed E-state index contributed by atoms with van der Waals surface area (Å²) in [6.07, 6.45) is 2.33. The van der Waals surface area contributed by atoms with E-state index in [9.17, 15) is 0 Å². The molecule has 0 aliphatic carbocycles. The van der Waals surface area contributed by atoms with Crippen molar-refractivity contribution in [1.82, 2.24) is 4.98 Å². The predicted molar refractivity (Wildman–Crippen MR) is 59.7 cm³/mol. The molecule has 1 aromatic heterocycles. The monoisotopic (exact) mass is 252 g/mol. The highest BCUT2D eigenvalue weighted by Crippen LogP contribution is 2.28. The number of nitrogens with zero attached hydrogens (tertiary/aromatic N) is 2. The van der Waals surface area contributed by atoms with Gasteiger partial charge < -0.3 is 0 Å². The summed E-state index contributed by atoms with van der Waals surface area (Å²) >= 11 is 3.34. The van der Waals surface area contributed by atoms with Gasteiger partial charge in [-0.2, -0.15) is 5.26 Å². The smallest absolute Gasteiger partial charge is 0.106 e. The summed E-state index contributed by atoms with van der Waals surface area (Å²) in [6.45, 7) is 4.27. The van der Waals surface area contributed by atoms with Gasteiger partial charge >= 0.3 is 0 Å². The molecule has 0 radical (unpaired) electrons. The van der Waals surface area contributed by atoms with Crippen molar-refractivity contribution < 1.29 is 0 Å². The molecule has 0 aliphatic rings. The maximum absolute atomic E-state index is 8.74. The standard InChI is InChI=1S/C11H13BrN2/c1-8(2)10(3-5-13)9-4-6-14-11(12)7-9/h4,6-8,10H,3H2,1-2H3.